The largest absolute Gasteiger partial charge is 0.454 e. The Morgan fingerprint density at radius 1 is 1.00 bits per heavy atom. The topological polar surface area (TPSA) is 21.7 Å². The van der Waals surface area contributed by atoms with Gasteiger partial charge in [0.2, 0.25) is 6.79 Å². The summed E-state index contributed by atoms with van der Waals surface area (Å²) < 4.78 is 11.0. The van der Waals surface area contributed by atoms with Crippen LogP contribution in [0.5, 0.6) is 11.5 Å². The molecule has 2 atom stereocenters. The number of hydrogen-bond donors (Lipinski definition) is 0. The smallest absolute Gasteiger partial charge is 0.231 e. The molecular weight excluding hydrogens is 286 g/mol. The van der Waals surface area contributed by atoms with Crippen molar-refractivity contribution in [3.05, 3.63) is 59.2 Å². The van der Waals surface area contributed by atoms with Gasteiger partial charge in [-0.15, -0.1) is 0 Å². The lowest BCUT2D eigenvalue weighted by Crippen LogP contribution is -2.23. The Bertz CT molecular complexity index is 695. The number of ether oxygens (including phenoxy) is 2. The van der Waals surface area contributed by atoms with E-state index in [0.717, 1.165) is 31.0 Å². The fourth-order valence-corrected chi connectivity index (χ4v) is 3.80. The molecule has 0 unspecified atom stereocenters. The number of nitrogens with zero attached hydrogens (tertiary/aromatic N) is 1. The van der Waals surface area contributed by atoms with Crippen LogP contribution in [0.25, 0.3) is 0 Å². The van der Waals surface area contributed by atoms with Crippen molar-refractivity contribution in [2.45, 2.75) is 32.2 Å². The van der Waals surface area contributed by atoms with Gasteiger partial charge in [0, 0.05) is 12.6 Å². The summed E-state index contributed by atoms with van der Waals surface area (Å²) in [6, 6.07) is 15.9. The second-order valence-corrected chi connectivity index (χ2v) is 6.56. The minimum absolute atomic E-state index is 0.344. The highest BCUT2D eigenvalue weighted by Crippen LogP contribution is 2.43. The molecule has 2 heterocycles. The summed E-state index contributed by atoms with van der Waals surface area (Å²) in [5, 5.41) is 0. The lowest BCUT2D eigenvalue weighted by atomic mass is 9.93. The van der Waals surface area contributed by atoms with Crippen molar-refractivity contribution in [2.75, 3.05) is 19.9 Å². The van der Waals surface area contributed by atoms with E-state index in [0.29, 0.717) is 18.8 Å². The predicted octanol–water partition coefficient (Wildman–Crippen LogP) is 4.27. The third kappa shape index (κ3) is 2.70. The Morgan fingerprint density at radius 3 is 2.52 bits per heavy atom. The van der Waals surface area contributed by atoms with Gasteiger partial charge in [0.1, 0.15) is 0 Å². The van der Waals surface area contributed by atoms with E-state index >= 15 is 0 Å². The Labute approximate surface area is 137 Å². The molecule has 1 saturated heterocycles. The number of likely N-dealkylation sites (N-methyl/N-ethyl adjacent to an activating group) is 1. The standard InChI is InChI=1S/C20H23NO2/c1-3-21-12-17(10-18(21)15-6-4-14(2)5-7-15)16-8-9-19-20(11-16)23-13-22-19/h4-9,11,17-18H,3,10,12-13H2,1-2H3/t17-,18-/m1/s1. The van der Waals surface area contributed by atoms with Crippen LogP contribution in [0, 0.1) is 6.92 Å². The summed E-state index contributed by atoms with van der Waals surface area (Å²) in [6.07, 6.45) is 1.16. The van der Waals surface area contributed by atoms with E-state index in [1.54, 1.807) is 0 Å². The molecule has 23 heavy (non-hydrogen) atoms. The van der Waals surface area contributed by atoms with Crippen LogP contribution in [0.15, 0.2) is 42.5 Å². The first-order valence-corrected chi connectivity index (χ1v) is 8.44. The maximum absolute atomic E-state index is 5.54. The first-order valence-electron chi connectivity index (χ1n) is 8.44. The van der Waals surface area contributed by atoms with E-state index in [1.807, 2.05) is 6.07 Å². The Morgan fingerprint density at radius 2 is 1.74 bits per heavy atom. The average molecular weight is 309 g/mol. The second-order valence-electron chi connectivity index (χ2n) is 6.56. The van der Waals surface area contributed by atoms with Gasteiger partial charge in [-0.2, -0.15) is 0 Å². The molecule has 0 saturated carbocycles. The van der Waals surface area contributed by atoms with Crippen LogP contribution < -0.4 is 9.47 Å². The number of benzene rings is 2. The van der Waals surface area contributed by atoms with Crippen molar-refractivity contribution >= 4 is 0 Å². The first kappa shape index (κ1) is 14.6. The molecule has 2 aromatic carbocycles. The number of hydrogen-bond acceptors (Lipinski definition) is 3. The summed E-state index contributed by atoms with van der Waals surface area (Å²) in [7, 11) is 0. The van der Waals surface area contributed by atoms with Gasteiger partial charge >= 0.3 is 0 Å². The molecule has 0 N–H and O–H groups in total. The molecule has 0 spiro atoms. The molecular formula is C20H23NO2. The molecule has 0 aliphatic carbocycles. The molecule has 2 aliphatic rings. The quantitative estimate of drug-likeness (QED) is 0.845. The van der Waals surface area contributed by atoms with Gasteiger partial charge in [-0.1, -0.05) is 42.8 Å². The van der Waals surface area contributed by atoms with E-state index in [9.17, 15) is 0 Å². The van der Waals surface area contributed by atoms with Crippen LogP contribution >= 0.6 is 0 Å². The Kier molecular flexibility index (Phi) is 3.74. The van der Waals surface area contributed by atoms with Crippen molar-refractivity contribution < 1.29 is 9.47 Å². The molecule has 120 valence electrons. The van der Waals surface area contributed by atoms with Crippen molar-refractivity contribution in [1.29, 1.82) is 0 Å². The van der Waals surface area contributed by atoms with Crippen molar-refractivity contribution in [3.8, 4) is 11.5 Å². The van der Waals surface area contributed by atoms with Crippen LogP contribution in [0.1, 0.15) is 42.0 Å². The number of likely N-dealkylation sites (tertiary alicyclic amines) is 1. The van der Waals surface area contributed by atoms with E-state index in [2.05, 4.69) is 55.1 Å². The van der Waals surface area contributed by atoms with Crippen molar-refractivity contribution in [2.24, 2.45) is 0 Å². The molecule has 3 nitrogen and oxygen atoms in total. The molecule has 0 radical (unpaired) electrons. The van der Waals surface area contributed by atoms with E-state index < -0.39 is 0 Å². The summed E-state index contributed by atoms with van der Waals surface area (Å²) in [5.41, 5.74) is 4.12. The Balaban J connectivity index is 1.58. The lowest BCUT2D eigenvalue weighted by molar-refractivity contribution is 0.174. The van der Waals surface area contributed by atoms with Crippen LogP contribution in [-0.4, -0.2) is 24.8 Å². The van der Waals surface area contributed by atoms with E-state index in [1.165, 1.54) is 16.7 Å². The van der Waals surface area contributed by atoms with Crippen molar-refractivity contribution in [3.63, 3.8) is 0 Å². The van der Waals surface area contributed by atoms with E-state index in [-0.39, 0.29) is 0 Å². The summed E-state index contributed by atoms with van der Waals surface area (Å²) in [5.74, 6) is 2.31. The maximum atomic E-state index is 5.54. The van der Waals surface area contributed by atoms with Crippen LogP contribution in [-0.2, 0) is 0 Å². The molecule has 1 fully saturated rings. The number of rotatable bonds is 3. The molecule has 2 aliphatic heterocycles. The first-order chi connectivity index (χ1) is 11.2. The second kappa shape index (κ2) is 5.89. The van der Waals surface area contributed by atoms with E-state index in [4.69, 9.17) is 9.47 Å². The van der Waals surface area contributed by atoms with Crippen molar-refractivity contribution in [1.82, 2.24) is 4.90 Å². The molecule has 2 aromatic rings. The van der Waals surface area contributed by atoms with Gasteiger partial charge in [-0.05, 0) is 49.1 Å². The zero-order valence-electron chi connectivity index (χ0n) is 13.8. The maximum Gasteiger partial charge on any atom is 0.231 e. The third-order valence-electron chi connectivity index (χ3n) is 5.14. The van der Waals surface area contributed by atoms with Gasteiger partial charge in [0.25, 0.3) is 0 Å². The molecule has 0 aromatic heterocycles. The SMILES string of the molecule is CCN1C[C@H](c2ccc3c(c2)OCO3)C[C@@H]1c1ccc(C)cc1. The number of fused-ring (bicyclic) bond motifs is 1. The Hall–Kier alpha value is -2.00. The third-order valence-corrected chi connectivity index (χ3v) is 5.14. The summed E-state index contributed by atoms with van der Waals surface area (Å²) >= 11 is 0. The number of aryl methyl sites for hydroxylation is 1. The molecule has 4 rings (SSSR count). The van der Waals surface area contributed by atoms with Crippen LogP contribution in [0.2, 0.25) is 0 Å². The van der Waals surface area contributed by atoms with Gasteiger partial charge in [-0.3, -0.25) is 4.90 Å². The van der Waals surface area contributed by atoms with Crippen LogP contribution in [0.3, 0.4) is 0 Å². The highest BCUT2D eigenvalue weighted by Gasteiger charge is 2.33. The van der Waals surface area contributed by atoms with Gasteiger partial charge in [0.05, 0.1) is 0 Å². The highest BCUT2D eigenvalue weighted by molar-refractivity contribution is 5.46. The minimum Gasteiger partial charge on any atom is -0.454 e. The predicted molar refractivity (Wildman–Crippen MR) is 91.1 cm³/mol. The van der Waals surface area contributed by atoms with Gasteiger partial charge in [-0.25, -0.2) is 0 Å². The summed E-state index contributed by atoms with van der Waals surface area (Å²) in [4.78, 5) is 2.58. The molecule has 0 bridgehead atoms. The highest BCUT2D eigenvalue weighted by atomic mass is 16.7. The summed E-state index contributed by atoms with van der Waals surface area (Å²) in [6.45, 7) is 6.93. The molecule has 3 heteroatoms. The zero-order valence-corrected chi connectivity index (χ0v) is 13.8. The monoisotopic (exact) mass is 309 g/mol. The molecule has 0 amide bonds. The average Bonchev–Trinajstić information content (AvgIpc) is 3.21. The lowest BCUT2D eigenvalue weighted by Gasteiger charge is -2.23. The fraction of sp³-hybridized carbons (Fsp3) is 0.400. The van der Waals surface area contributed by atoms with Crippen LogP contribution in [0.4, 0.5) is 0 Å². The van der Waals surface area contributed by atoms with Gasteiger partial charge < -0.3 is 9.47 Å². The fourth-order valence-electron chi connectivity index (χ4n) is 3.80. The zero-order chi connectivity index (χ0) is 15.8. The minimum atomic E-state index is 0.344. The normalized spacial score (nSPS) is 23.4. The van der Waals surface area contributed by atoms with Gasteiger partial charge in [0.15, 0.2) is 11.5 Å².